The van der Waals surface area contributed by atoms with Gasteiger partial charge in [-0.1, -0.05) is 0 Å². The van der Waals surface area contributed by atoms with Crippen molar-refractivity contribution in [3.8, 4) is 5.75 Å². The molecule has 2 aliphatic rings. The second kappa shape index (κ2) is 7.11. The van der Waals surface area contributed by atoms with Crippen molar-refractivity contribution >= 4 is 17.2 Å². The van der Waals surface area contributed by atoms with Gasteiger partial charge >= 0.3 is 0 Å². The lowest BCUT2D eigenvalue weighted by atomic mass is 9.95. The highest BCUT2D eigenvalue weighted by Crippen LogP contribution is 2.36. The van der Waals surface area contributed by atoms with Crippen LogP contribution in [0.1, 0.15) is 36.9 Å². The maximum atomic E-state index is 5.64. The number of hydrogen-bond acceptors (Lipinski definition) is 5. The lowest BCUT2D eigenvalue weighted by Gasteiger charge is -2.33. The molecule has 0 N–H and O–H groups in total. The first-order valence-electron chi connectivity index (χ1n) is 9.88. The topological polar surface area (TPSA) is 55.5 Å². The van der Waals surface area contributed by atoms with E-state index >= 15 is 0 Å². The number of benzene rings is 1. The lowest BCUT2D eigenvalue weighted by Crippen LogP contribution is -2.35. The SMILES string of the molecule is CCOc1ccc2c(c1)C(c1ccnc(N3CCC(n4cccn4)CC3)c1)=N2. The summed E-state index contributed by atoms with van der Waals surface area (Å²) in [5, 5.41) is 4.39. The van der Waals surface area contributed by atoms with Crippen LogP contribution in [0, 0.1) is 0 Å². The van der Waals surface area contributed by atoms with Gasteiger partial charge in [-0.05, 0) is 56.2 Å². The van der Waals surface area contributed by atoms with Gasteiger partial charge in [0.15, 0.2) is 0 Å². The van der Waals surface area contributed by atoms with E-state index in [1.165, 1.54) is 0 Å². The number of pyridine rings is 1. The average molecular weight is 373 g/mol. The minimum absolute atomic E-state index is 0.481. The fourth-order valence-corrected chi connectivity index (χ4v) is 4.00. The Balaban J connectivity index is 1.32. The molecule has 142 valence electrons. The van der Waals surface area contributed by atoms with E-state index in [2.05, 4.69) is 38.0 Å². The molecule has 2 aliphatic heterocycles. The van der Waals surface area contributed by atoms with Gasteiger partial charge in [0.05, 0.1) is 24.0 Å². The molecule has 28 heavy (non-hydrogen) atoms. The van der Waals surface area contributed by atoms with Gasteiger partial charge in [-0.2, -0.15) is 5.10 Å². The molecule has 1 saturated heterocycles. The third-order valence-corrected chi connectivity index (χ3v) is 5.47. The number of hydrogen-bond donors (Lipinski definition) is 0. The predicted molar refractivity (Wildman–Crippen MR) is 110 cm³/mol. The number of piperidine rings is 1. The normalized spacial score (nSPS) is 16.3. The van der Waals surface area contributed by atoms with Crippen LogP contribution < -0.4 is 9.64 Å². The molecular formula is C22H23N5O. The maximum absolute atomic E-state index is 5.64. The zero-order valence-electron chi connectivity index (χ0n) is 16.0. The van der Waals surface area contributed by atoms with E-state index in [1.807, 2.05) is 43.6 Å². The third kappa shape index (κ3) is 3.05. The van der Waals surface area contributed by atoms with E-state index in [9.17, 15) is 0 Å². The van der Waals surface area contributed by atoms with Crippen molar-refractivity contribution < 1.29 is 4.74 Å². The van der Waals surface area contributed by atoms with Gasteiger partial charge < -0.3 is 9.64 Å². The van der Waals surface area contributed by atoms with Crippen LogP contribution >= 0.6 is 0 Å². The number of anilines is 1. The number of aliphatic imine (C=N–C) groups is 1. The molecule has 0 amide bonds. The molecule has 0 atom stereocenters. The molecule has 0 unspecified atom stereocenters. The fraction of sp³-hybridized carbons (Fsp3) is 0.318. The molecule has 3 aromatic rings. The molecule has 6 heteroatoms. The summed E-state index contributed by atoms with van der Waals surface area (Å²) in [6, 6.07) is 12.7. The van der Waals surface area contributed by atoms with E-state index in [4.69, 9.17) is 9.73 Å². The summed E-state index contributed by atoms with van der Waals surface area (Å²) >= 11 is 0. The van der Waals surface area contributed by atoms with Gasteiger partial charge in [0.25, 0.3) is 0 Å². The van der Waals surface area contributed by atoms with E-state index in [0.29, 0.717) is 12.6 Å². The average Bonchev–Trinajstić information content (AvgIpc) is 3.26. The van der Waals surface area contributed by atoms with Crippen LogP contribution in [0.3, 0.4) is 0 Å². The summed E-state index contributed by atoms with van der Waals surface area (Å²) in [6.07, 6.45) is 7.95. The highest BCUT2D eigenvalue weighted by Gasteiger charge is 2.24. The molecule has 1 fully saturated rings. The van der Waals surface area contributed by atoms with Crippen LogP contribution in [-0.4, -0.2) is 40.2 Å². The summed E-state index contributed by atoms with van der Waals surface area (Å²) in [7, 11) is 0. The standard InChI is InChI=1S/C22H23N5O/c1-2-28-18-4-5-20-19(15-18)22(25-20)16-6-10-23-21(14-16)26-12-7-17(8-13-26)27-11-3-9-24-27/h3-6,9-11,14-15,17H,2,7-8,12-13H2,1H3. The Kier molecular flexibility index (Phi) is 4.31. The van der Waals surface area contributed by atoms with Crippen molar-refractivity contribution in [2.24, 2.45) is 4.99 Å². The highest BCUT2D eigenvalue weighted by molar-refractivity contribution is 6.22. The fourth-order valence-electron chi connectivity index (χ4n) is 4.00. The molecule has 5 rings (SSSR count). The Morgan fingerprint density at radius 3 is 2.79 bits per heavy atom. The lowest BCUT2D eigenvalue weighted by molar-refractivity contribution is 0.340. The second-order valence-electron chi connectivity index (χ2n) is 7.18. The van der Waals surface area contributed by atoms with E-state index in [-0.39, 0.29) is 0 Å². The zero-order valence-corrected chi connectivity index (χ0v) is 16.0. The van der Waals surface area contributed by atoms with Crippen molar-refractivity contribution in [3.05, 3.63) is 66.1 Å². The number of nitrogens with zero attached hydrogens (tertiary/aromatic N) is 5. The quantitative estimate of drug-likeness (QED) is 0.531. The van der Waals surface area contributed by atoms with Crippen LogP contribution in [0.15, 0.2) is 60.0 Å². The third-order valence-electron chi connectivity index (χ3n) is 5.47. The molecular weight excluding hydrogens is 350 g/mol. The largest absolute Gasteiger partial charge is 0.494 e. The van der Waals surface area contributed by atoms with Crippen molar-refractivity contribution in [1.29, 1.82) is 0 Å². The monoisotopic (exact) mass is 373 g/mol. The number of aromatic nitrogens is 3. The van der Waals surface area contributed by atoms with E-state index < -0.39 is 0 Å². The Labute approximate surface area is 164 Å². The summed E-state index contributed by atoms with van der Waals surface area (Å²) in [4.78, 5) is 11.7. The minimum atomic E-state index is 0.481. The first-order valence-corrected chi connectivity index (χ1v) is 9.88. The Morgan fingerprint density at radius 2 is 2.00 bits per heavy atom. The van der Waals surface area contributed by atoms with Crippen molar-refractivity contribution in [3.63, 3.8) is 0 Å². The zero-order chi connectivity index (χ0) is 18.9. The molecule has 4 heterocycles. The second-order valence-corrected chi connectivity index (χ2v) is 7.18. The van der Waals surface area contributed by atoms with Gasteiger partial charge in [-0.3, -0.25) is 4.68 Å². The molecule has 2 aromatic heterocycles. The maximum Gasteiger partial charge on any atom is 0.129 e. The van der Waals surface area contributed by atoms with Crippen molar-refractivity contribution in [1.82, 2.24) is 14.8 Å². The summed E-state index contributed by atoms with van der Waals surface area (Å²) in [5.74, 6) is 1.91. The summed E-state index contributed by atoms with van der Waals surface area (Å²) in [5.41, 5.74) is 4.31. The Hall–Kier alpha value is -3.15. The molecule has 0 spiro atoms. The van der Waals surface area contributed by atoms with Gasteiger partial charge in [-0.25, -0.2) is 9.98 Å². The van der Waals surface area contributed by atoms with Gasteiger partial charge in [0.1, 0.15) is 11.6 Å². The molecule has 1 aromatic carbocycles. The minimum Gasteiger partial charge on any atom is -0.494 e. The smallest absolute Gasteiger partial charge is 0.129 e. The molecule has 6 nitrogen and oxygen atoms in total. The summed E-state index contributed by atoms with van der Waals surface area (Å²) in [6.45, 7) is 4.63. The predicted octanol–water partition coefficient (Wildman–Crippen LogP) is 4.00. The van der Waals surface area contributed by atoms with Gasteiger partial charge in [0, 0.05) is 42.8 Å². The summed E-state index contributed by atoms with van der Waals surface area (Å²) < 4.78 is 7.72. The number of ether oxygens (including phenoxy) is 1. The molecule has 0 aliphatic carbocycles. The van der Waals surface area contributed by atoms with Crippen LogP contribution in [0.25, 0.3) is 0 Å². The number of rotatable bonds is 5. The van der Waals surface area contributed by atoms with Crippen LogP contribution in [0.2, 0.25) is 0 Å². The first kappa shape index (κ1) is 17.0. The van der Waals surface area contributed by atoms with Gasteiger partial charge in [0.2, 0.25) is 0 Å². The van der Waals surface area contributed by atoms with Crippen molar-refractivity contribution in [2.45, 2.75) is 25.8 Å². The van der Waals surface area contributed by atoms with Crippen molar-refractivity contribution in [2.75, 3.05) is 24.6 Å². The molecule has 0 saturated carbocycles. The molecule has 0 bridgehead atoms. The first-order chi connectivity index (χ1) is 13.8. The van der Waals surface area contributed by atoms with E-state index in [0.717, 1.165) is 60.0 Å². The highest BCUT2D eigenvalue weighted by atomic mass is 16.5. The van der Waals surface area contributed by atoms with Crippen LogP contribution in [0.5, 0.6) is 5.75 Å². The van der Waals surface area contributed by atoms with Gasteiger partial charge in [-0.15, -0.1) is 0 Å². The van der Waals surface area contributed by atoms with Crippen LogP contribution in [0.4, 0.5) is 11.5 Å². The van der Waals surface area contributed by atoms with Crippen LogP contribution in [-0.2, 0) is 0 Å². The number of fused-ring (bicyclic) bond motifs is 1. The Morgan fingerprint density at radius 1 is 1.11 bits per heavy atom. The molecule has 0 radical (unpaired) electrons. The van der Waals surface area contributed by atoms with E-state index in [1.54, 1.807) is 0 Å². The Bertz CT molecular complexity index is 1000.